The summed E-state index contributed by atoms with van der Waals surface area (Å²) in [6.07, 6.45) is 0. The summed E-state index contributed by atoms with van der Waals surface area (Å²) in [5, 5.41) is 2.81. The van der Waals surface area contributed by atoms with Crippen LogP contribution in [0.25, 0.3) is 0 Å². The first-order valence-electron chi connectivity index (χ1n) is 10.8. The highest BCUT2D eigenvalue weighted by Gasteiger charge is 2.19. The molecule has 0 bridgehead atoms. The van der Waals surface area contributed by atoms with E-state index in [2.05, 4.69) is 5.32 Å². The van der Waals surface area contributed by atoms with Crippen molar-refractivity contribution in [3.63, 3.8) is 0 Å². The quantitative estimate of drug-likeness (QED) is 0.353. The number of sulfone groups is 1. The van der Waals surface area contributed by atoms with Crippen LogP contribution < -0.4 is 5.32 Å². The van der Waals surface area contributed by atoms with Crippen molar-refractivity contribution in [3.05, 3.63) is 125 Å². The molecule has 1 amide bonds. The Morgan fingerprint density at radius 1 is 0.765 bits per heavy atom. The highest BCUT2D eigenvalue weighted by Crippen LogP contribution is 2.18. The van der Waals surface area contributed by atoms with Gasteiger partial charge >= 0.3 is 0 Å². The van der Waals surface area contributed by atoms with Gasteiger partial charge in [0.05, 0.1) is 18.1 Å². The zero-order chi connectivity index (χ0) is 23.8. The molecule has 174 valence electrons. The van der Waals surface area contributed by atoms with Crippen molar-refractivity contribution in [1.82, 2.24) is 5.32 Å². The second kappa shape index (κ2) is 11.0. The van der Waals surface area contributed by atoms with E-state index in [0.717, 1.165) is 16.7 Å². The highest BCUT2D eigenvalue weighted by atomic mass is 32.2. The Balaban J connectivity index is 1.29. The number of carbonyl (C=O) groups excluding carboxylic acids is 1. The first kappa shape index (κ1) is 23.5. The van der Waals surface area contributed by atoms with Crippen molar-refractivity contribution in [2.24, 2.45) is 0 Å². The van der Waals surface area contributed by atoms with Crippen molar-refractivity contribution in [3.8, 4) is 0 Å². The summed E-state index contributed by atoms with van der Waals surface area (Å²) in [6.45, 7) is 1.31. The van der Waals surface area contributed by atoms with E-state index in [-0.39, 0.29) is 22.2 Å². The van der Waals surface area contributed by atoms with Crippen LogP contribution in [0.2, 0.25) is 0 Å². The molecule has 0 spiro atoms. The Morgan fingerprint density at radius 3 is 2.18 bits per heavy atom. The largest absolute Gasteiger partial charge is 0.455 e. The molecule has 0 saturated carbocycles. The van der Waals surface area contributed by atoms with Crippen LogP contribution in [0.15, 0.2) is 106 Å². The van der Waals surface area contributed by atoms with Gasteiger partial charge in [0.15, 0.2) is 15.6 Å². The van der Waals surface area contributed by atoms with Crippen LogP contribution >= 0.6 is 0 Å². The van der Waals surface area contributed by atoms with Crippen molar-refractivity contribution in [2.45, 2.75) is 30.4 Å². The van der Waals surface area contributed by atoms with Crippen LogP contribution in [0.3, 0.4) is 0 Å². The zero-order valence-corrected chi connectivity index (χ0v) is 19.3. The van der Waals surface area contributed by atoms with E-state index in [1.54, 1.807) is 18.2 Å². The molecular formula is C27H25NO5S. The van der Waals surface area contributed by atoms with E-state index < -0.39 is 15.7 Å². The zero-order valence-electron chi connectivity index (χ0n) is 18.5. The van der Waals surface area contributed by atoms with Gasteiger partial charge in [-0.1, -0.05) is 72.8 Å². The third-order valence-electron chi connectivity index (χ3n) is 5.14. The normalized spacial score (nSPS) is 11.3. The lowest BCUT2D eigenvalue weighted by molar-refractivity contribution is 0.0921. The van der Waals surface area contributed by atoms with Crippen molar-refractivity contribution >= 4 is 15.7 Å². The summed E-state index contributed by atoms with van der Waals surface area (Å²) in [5.74, 6) is -0.434. The molecular weight excluding hydrogens is 450 g/mol. The maximum absolute atomic E-state index is 12.5. The average Bonchev–Trinajstić information content (AvgIpc) is 3.32. The number of benzene rings is 3. The van der Waals surface area contributed by atoms with Crippen LogP contribution in [-0.2, 0) is 40.1 Å². The average molecular weight is 476 g/mol. The predicted molar refractivity (Wildman–Crippen MR) is 129 cm³/mol. The van der Waals surface area contributed by atoms with E-state index in [1.807, 2.05) is 54.6 Å². The third-order valence-corrected chi connectivity index (χ3v) is 6.80. The summed E-state index contributed by atoms with van der Waals surface area (Å²) in [6, 6.07) is 28.9. The number of hydrogen-bond acceptors (Lipinski definition) is 5. The Morgan fingerprint density at radius 2 is 1.41 bits per heavy atom. The first-order chi connectivity index (χ1) is 16.5. The number of ether oxygens (including phenoxy) is 1. The number of rotatable bonds is 10. The van der Waals surface area contributed by atoms with Crippen LogP contribution in [-0.4, -0.2) is 14.3 Å². The van der Waals surface area contributed by atoms with Gasteiger partial charge in [0.1, 0.15) is 11.5 Å². The van der Waals surface area contributed by atoms with Gasteiger partial charge in [-0.3, -0.25) is 4.79 Å². The summed E-state index contributed by atoms with van der Waals surface area (Å²) in [7, 11) is -3.55. The first-order valence-corrected chi connectivity index (χ1v) is 12.5. The third kappa shape index (κ3) is 6.43. The van der Waals surface area contributed by atoms with E-state index >= 15 is 0 Å². The van der Waals surface area contributed by atoms with Crippen LogP contribution in [0, 0.1) is 0 Å². The topological polar surface area (TPSA) is 85.6 Å². The molecule has 0 aliphatic carbocycles. The molecule has 1 N–H and O–H groups in total. The summed E-state index contributed by atoms with van der Waals surface area (Å²) in [4.78, 5) is 12.7. The molecule has 0 unspecified atom stereocenters. The minimum Gasteiger partial charge on any atom is -0.455 e. The Labute approximate surface area is 199 Å². The molecule has 0 saturated heterocycles. The summed E-state index contributed by atoms with van der Waals surface area (Å²) < 4.78 is 36.3. The smallest absolute Gasteiger partial charge is 0.287 e. The van der Waals surface area contributed by atoms with E-state index in [1.165, 1.54) is 24.3 Å². The van der Waals surface area contributed by atoms with Crippen molar-refractivity contribution in [1.29, 1.82) is 0 Å². The Kier molecular flexibility index (Phi) is 7.57. The second-order valence-corrected chi connectivity index (χ2v) is 9.81. The summed E-state index contributed by atoms with van der Waals surface area (Å²) >= 11 is 0. The van der Waals surface area contributed by atoms with Gasteiger partial charge in [-0.05, 0) is 41.0 Å². The lowest BCUT2D eigenvalue weighted by Crippen LogP contribution is -2.22. The van der Waals surface area contributed by atoms with Crippen molar-refractivity contribution in [2.75, 3.05) is 0 Å². The molecule has 0 atom stereocenters. The van der Waals surface area contributed by atoms with Gasteiger partial charge < -0.3 is 14.5 Å². The SMILES string of the molecule is O=C(NCc1cccc(COCc2ccccc2)c1)c1ccc(CS(=O)(=O)c2ccccc2)o1. The fourth-order valence-electron chi connectivity index (χ4n) is 3.44. The molecule has 34 heavy (non-hydrogen) atoms. The Hall–Kier alpha value is -3.68. The van der Waals surface area contributed by atoms with E-state index in [0.29, 0.717) is 19.8 Å². The number of carbonyl (C=O) groups is 1. The maximum Gasteiger partial charge on any atom is 0.287 e. The van der Waals surface area contributed by atoms with Crippen LogP contribution in [0.5, 0.6) is 0 Å². The monoisotopic (exact) mass is 475 g/mol. The van der Waals surface area contributed by atoms with Gasteiger partial charge in [0.25, 0.3) is 5.91 Å². The molecule has 6 nitrogen and oxygen atoms in total. The Bertz CT molecular complexity index is 1330. The van der Waals surface area contributed by atoms with Crippen LogP contribution in [0.4, 0.5) is 0 Å². The van der Waals surface area contributed by atoms with E-state index in [9.17, 15) is 13.2 Å². The molecule has 4 aromatic rings. The molecule has 3 aromatic carbocycles. The van der Waals surface area contributed by atoms with Gasteiger partial charge in [-0.15, -0.1) is 0 Å². The molecule has 4 rings (SSSR count). The molecule has 7 heteroatoms. The summed E-state index contributed by atoms with van der Waals surface area (Å²) in [5.41, 5.74) is 3.04. The molecule has 0 aliphatic rings. The van der Waals surface area contributed by atoms with Crippen LogP contribution in [0.1, 0.15) is 33.0 Å². The molecule has 0 radical (unpaired) electrons. The lowest BCUT2D eigenvalue weighted by Gasteiger charge is -2.08. The maximum atomic E-state index is 12.5. The molecule has 1 heterocycles. The fraction of sp³-hybridized carbons (Fsp3) is 0.148. The second-order valence-electron chi connectivity index (χ2n) is 7.82. The van der Waals surface area contributed by atoms with Gasteiger partial charge in [-0.25, -0.2) is 8.42 Å². The van der Waals surface area contributed by atoms with Gasteiger partial charge in [-0.2, -0.15) is 0 Å². The fourth-order valence-corrected chi connectivity index (χ4v) is 4.70. The minimum absolute atomic E-state index is 0.0700. The number of furan rings is 1. The molecule has 0 aliphatic heterocycles. The van der Waals surface area contributed by atoms with E-state index in [4.69, 9.17) is 9.15 Å². The number of hydrogen-bond donors (Lipinski definition) is 1. The minimum atomic E-state index is -3.55. The number of amides is 1. The number of nitrogens with one attached hydrogen (secondary N) is 1. The van der Waals surface area contributed by atoms with Crippen molar-refractivity contribution < 1.29 is 22.4 Å². The molecule has 1 aromatic heterocycles. The standard InChI is InChI=1S/C27H25NO5S/c29-27(26-15-14-24(33-26)20-34(30,31)25-12-5-2-6-13-25)28-17-22-10-7-11-23(16-22)19-32-18-21-8-3-1-4-9-21/h1-16H,17-20H2,(H,28,29). The predicted octanol–water partition coefficient (Wildman–Crippen LogP) is 4.90. The highest BCUT2D eigenvalue weighted by molar-refractivity contribution is 7.90. The van der Waals surface area contributed by atoms with Gasteiger partial charge in [0.2, 0.25) is 0 Å². The lowest BCUT2D eigenvalue weighted by atomic mass is 10.1. The van der Waals surface area contributed by atoms with Gasteiger partial charge in [0, 0.05) is 6.54 Å². The molecule has 0 fully saturated rings.